The van der Waals surface area contributed by atoms with Crippen LogP contribution in [-0.2, 0) is 0 Å². The van der Waals surface area contributed by atoms with Crippen LogP contribution in [0.15, 0.2) is 18.2 Å². The molecule has 0 aliphatic carbocycles. The Morgan fingerprint density at radius 3 is 2.22 bits per heavy atom. The van der Waals surface area contributed by atoms with Gasteiger partial charge in [0.1, 0.15) is 11.5 Å². The molecule has 0 unspecified atom stereocenters. The van der Waals surface area contributed by atoms with E-state index in [2.05, 4.69) is 0 Å². The first kappa shape index (κ1) is 14.5. The molecule has 1 aromatic rings. The number of rotatable bonds is 5. The summed E-state index contributed by atoms with van der Waals surface area (Å²) in [4.78, 5) is 14.5. The maximum Gasteiger partial charge on any atom is 0.186 e. The lowest BCUT2D eigenvalue weighted by Crippen LogP contribution is -2.45. The lowest BCUT2D eigenvalue weighted by atomic mass is 9.91. The van der Waals surface area contributed by atoms with Crippen LogP contribution >= 0.6 is 0 Å². The molecular formula is C14H21NO3. The molecule has 4 nitrogen and oxygen atoms in total. The van der Waals surface area contributed by atoms with Gasteiger partial charge in [-0.2, -0.15) is 0 Å². The molecule has 1 rings (SSSR count). The smallest absolute Gasteiger partial charge is 0.186 e. The van der Waals surface area contributed by atoms with E-state index in [0.29, 0.717) is 17.1 Å². The molecule has 0 aliphatic heterocycles. The van der Waals surface area contributed by atoms with Gasteiger partial charge in [0.25, 0.3) is 0 Å². The van der Waals surface area contributed by atoms with Crippen molar-refractivity contribution in [3.8, 4) is 11.5 Å². The van der Waals surface area contributed by atoms with Gasteiger partial charge in [-0.15, -0.1) is 0 Å². The van der Waals surface area contributed by atoms with Gasteiger partial charge < -0.3 is 9.47 Å². The van der Waals surface area contributed by atoms with Crippen molar-refractivity contribution >= 4 is 5.78 Å². The molecule has 0 amide bonds. The Morgan fingerprint density at radius 2 is 1.78 bits per heavy atom. The maximum absolute atomic E-state index is 12.6. The second-order valence-corrected chi connectivity index (χ2v) is 4.85. The van der Waals surface area contributed by atoms with Crippen molar-refractivity contribution in [3.05, 3.63) is 23.8 Å². The number of benzene rings is 1. The normalized spacial score (nSPS) is 11.5. The number of ketones is 1. The van der Waals surface area contributed by atoms with Gasteiger partial charge in [-0.05, 0) is 46.1 Å². The third-order valence-electron chi connectivity index (χ3n) is 3.32. The molecule has 0 aliphatic rings. The summed E-state index contributed by atoms with van der Waals surface area (Å²) in [5.41, 5.74) is -0.0600. The van der Waals surface area contributed by atoms with Gasteiger partial charge in [0.05, 0.1) is 25.3 Å². The quantitative estimate of drug-likeness (QED) is 0.752. The number of Topliss-reactive ketones (excluding diaryl/α,β-unsaturated/α-hetero) is 1. The molecule has 0 N–H and O–H groups in total. The zero-order valence-electron chi connectivity index (χ0n) is 11.9. The molecule has 0 heterocycles. The van der Waals surface area contributed by atoms with Gasteiger partial charge in [0, 0.05) is 0 Å². The molecule has 0 bridgehead atoms. The van der Waals surface area contributed by atoms with Crippen LogP contribution in [0.2, 0.25) is 0 Å². The molecule has 1 aromatic carbocycles. The minimum Gasteiger partial charge on any atom is -0.497 e. The molecule has 0 spiro atoms. The van der Waals surface area contributed by atoms with Crippen LogP contribution < -0.4 is 9.47 Å². The van der Waals surface area contributed by atoms with E-state index in [1.165, 1.54) is 0 Å². The first-order valence-electron chi connectivity index (χ1n) is 5.78. The first-order valence-corrected chi connectivity index (χ1v) is 5.78. The Balaban J connectivity index is 3.26. The second kappa shape index (κ2) is 5.40. The van der Waals surface area contributed by atoms with Gasteiger partial charge >= 0.3 is 0 Å². The number of methoxy groups -OCH3 is 2. The summed E-state index contributed by atoms with van der Waals surface area (Å²) in [6.07, 6.45) is 0. The van der Waals surface area contributed by atoms with Gasteiger partial charge in [-0.25, -0.2) is 0 Å². The standard InChI is InChI=1S/C14H21NO3/c1-14(2,15(3)4)13(16)11-9-10(17-5)7-8-12(11)18-6/h7-9H,1-6H3. The minimum absolute atomic E-state index is 0.00301. The van der Waals surface area contributed by atoms with Crippen molar-refractivity contribution in [3.63, 3.8) is 0 Å². The largest absolute Gasteiger partial charge is 0.497 e. The van der Waals surface area contributed by atoms with Crippen molar-refractivity contribution < 1.29 is 14.3 Å². The summed E-state index contributed by atoms with van der Waals surface area (Å²) < 4.78 is 10.4. The van der Waals surface area contributed by atoms with E-state index >= 15 is 0 Å². The van der Waals surface area contributed by atoms with Crippen LogP contribution in [0, 0.1) is 0 Å². The molecule has 4 heteroatoms. The molecule has 18 heavy (non-hydrogen) atoms. The van der Waals surface area contributed by atoms with Crippen LogP contribution in [0.25, 0.3) is 0 Å². The fourth-order valence-corrected chi connectivity index (χ4v) is 1.52. The fourth-order valence-electron chi connectivity index (χ4n) is 1.52. The van der Waals surface area contributed by atoms with Crippen molar-refractivity contribution in [2.75, 3.05) is 28.3 Å². The summed E-state index contributed by atoms with van der Waals surface area (Å²) >= 11 is 0. The first-order chi connectivity index (χ1) is 8.34. The number of ether oxygens (including phenoxy) is 2. The average Bonchev–Trinajstić information content (AvgIpc) is 2.36. The molecule has 0 atom stereocenters. The molecule has 0 radical (unpaired) electrons. The van der Waals surface area contributed by atoms with E-state index in [-0.39, 0.29) is 5.78 Å². The highest BCUT2D eigenvalue weighted by atomic mass is 16.5. The van der Waals surface area contributed by atoms with Crippen molar-refractivity contribution in [2.45, 2.75) is 19.4 Å². The van der Waals surface area contributed by atoms with Gasteiger partial charge in [0.2, 0.25) is 0 Å². The minimum atomic E-state index is -0.598. The Bertz CT molecular complexity index is 439. The Kier molecular flexibility index (Phi) is 4.35. The molecule has 0 saturated carbocycles. The highest BCUT2D eigenvalue weighted by molar-refractivity contribution is 6.05. The van der Waals surface area contributed by atoms with Crippen molar-refractivity contribution in [2.24, 2.45) is 0 Å². The Morgan fingerprint density at radius 1 is 1.17 bits per heavy atom. The summed E-state index contributed by atoms with van der Waals surface area (Å²) in [5.74, 6) is 1.22. The van der Waals surface area contributed by atoms with E-state index in [0.717, 1.165) is 0 Å². The van der Waals surface area contributed by atoms with Crippen LogP contribution in [0.3, 0.4) is 0 Å². The van der Waals surface area contributed by atoms with Crippen LogP contribution in [0.1, 0.15) is 24.2 Å². The van der Waals surface area contributed by atoms with Crippen molar-refractivity contribution in [1.29, 1.82) is 0 Å². The summed E-state index contributed by atoms with van der Waals surface area (Å²) in [7, 11) is 6.89. The van der Waals surface area contributed by atoms with E-state index in [9.17, 15) is 4.79 Å². The molecule has 0 aromatic heterocycles. The highest BCUT2D eigenvalue weighted by Crippen LogP contribution is 2.28. The third kappa shape index (κ3) is 2.64. The van der Waals surface area contributed by atoms with Gasteiger partial charge in [-0.3, -0.25) is 9.69 Å². The monoisotopic (exact) mass is 251 g/mol. The Hall–Kier alpha value is -1.55. The lowest BCUT2D eigenvalue weighted by Gasteiger charge is -2.31. The highest BCUT2D eigenvalue weighted by Gasteiger charge is 2.32. The number of carbonyl (C=O) groups excluding carboxylic acids is 1. The lowest BCUT2D eigenvalue weighted by molar-refractivity contribution is 0.0752. The van der Waals surface area contributed by atoms with Gasteiger partial charge in [0.15, 0.2) is 5.78 Å². The van der Waals surface area contributed by atoms with E-state index in [4.69, 9.17) is 9.47 Å². The number of nitrogens with zero attached hydrogens (tertiary/aromatic N) is 1. The maximum atomic E-state index is 12.6. The van der Waals surface area contributed by atoms with E-state index < -0.39 is 5.54 Å². The average molecular weight is 251 g/mol. The topological polar surface area (TPSA) is 38.8 Å². The predicted molar refractivity (Wildman–Crippen MR) is 71.6 cm³/mol. The van der Waals surface area contributed by atoms with E-state index in [1.54, 1.807) is 32.4 Å². The number of carbonyl (C=O) groups is 1. The zero-order chi connectivity index (χ0) is 13.9. The third-order valence-corrected chi connectivity index (χ3v) is 3.32. The van der Waals surface area contributed by atoms with E-state index in [1.807, 2.05) is 32.8 Å². The second-order valence-electron chi connectivity index (χ2n) is 4.85. The molecule has 100 valence electrons. The summed E-state index contributed by atoms with van der Waals surface area (Å²) in [5, 5.41) is 0. The van der Waals surface area contributed by atoms with Crippen LogP contribution in [-0.4, -0.2) is 44.5 Å². The summed E-state index contributed by atoms with van der Waals surface area (Å²) in [6, 6.07) is 5.24. The zero-order valence-corrected chi connectivity index (χ0v) is 11.9. The van der Waals surface area contributed by atoms with Crippen LogP contribution in [0.5, 0.6) is 11.5 Å². The van der Waals surface area contributed by atoms with Crippen molar-refractivity contribution in [1.82, 2.24) is 4.90 Å². The summed E-state index contributed by atoms with van der Waals surface area (Å²) in [6.45, 7) is 3.77. The molecule has 0 saturated heterocycles. The molecule has 0 fully saturated rings. The predicted octanol–water partition coefficient (Wildman–Crippen LogP) is 2.23. The number of hydrogen-bond donors (Lipinski definition) is 0. The number of hydrogen-bond acceptors (Lipinski definition) is 4. The van der Waals surface area contributed by atoms with Crippen LogP contribution in [0.4, 0.5) is 0 Å². The SMILES string of the molecule is COc1ccc(OC)c(C(=O)C(C)(C)N(C)C)c1. The fraction of sp³-hybridized carbons (Fsp3) is 0.500. The number of likely N-dealkylation sites (N-methyl/N-ethyl adjacent to an activating group) is 1. The Labute approximate surface area is 108 Å². The van der Waals surface area contributed by atoms with Gasteiger partial charge in [-0.1, -0.05) is 0 Å². The molecular weight excluding hydrogens is 230 g/mol.